The summed E-state index contributed by atoms with van der Waals surface area (Å²) in [5, 5.41) is 10.1. The Bertz CT molecular complexity index is 832. The summed E-state index contributed by atoms with van der Waals surface area (Å²) in [6, 6.07) is 7.29. The lowest BCUT2D eigenvalue weighted by Crippen LogP contribution is -2.14. The van der Waals surface area contributed by atoms with Gasteiger partial charge in [-0.1, -0.05) is 5.16 Å². The van der Waals surface area contributed by atoms with Crippen LogP contribution in [0.1, 0.15) is 10.4 Å². The van der Waals surface area contributed by atoms with Gasteiger partial charge in [0.05, 0.1) is 0 Å². The van der Waals surface area contributed by atoms with E-state index in [2.05, 4.69) is 15.2 Å². The molecule has 0 atom stereocenters. The van der Waals surface area contributed by atoms with Gasteiger partial charge in [0.1, 0.15) is 17.0 Å². The van der Waals surface area contributed by atoms with Gasteiger partial charge in [0, 0.05) is 16.6 Å². The van der Waals surface area contributed by atoms with Crippen LogP contribution in [0.5, 0.6) is 5.75 Å². The van der Waals surface area contributed by atoms with E-state index in [1.807, 2.05) is 10.8 Å². The molecular weight excluding hydrogens is 340 g/mol. The van der Waals surface area contributed by atoms with Gasteiger partial charge in [0.25, 0.3) is 5.91 Å². The van der Waals surface area contributed by atoms with Crippen LogP contribution in [-0.4, -0.2) is 17.7 Å². The highest BCUT2D eigenvalue weighted by atomic mass is 32.1. The molecule has 3 rings (SSSR count). The van der Waals surface area contributed by atoms with Gasteiger partial charge in [-0.2, -0.15) is 20.1 Å². The lowest BCUT2D eigenvalue weighted by Gasteiger charge is -2.07. The lowest BCUT2D eigenvalue weighted by molar-refractivity contribution is -0.0498. The molecular formula is C15H11F2N3O3S. The zero-order valence-electron chi connectivity index (χ0n) is 12.0. The molecule has 0 aliphatic carbocycles. The number of halogens is 2. The van der Waals surface area contributed by atoms with Crippen LogP contribution in [0.2, 0.25) is 0 Å². The Morgan fingerprint density at radius 1 is 1.29 bits per heavy atom. The van der Waals surface area contributed by atoms with Crippen LogP contribution in [0.4, 0.5) is 20.4 Å². The minimum Gasteiger partial charge on any atom is -0.435 e. The number of hydrogen-bond donors (Lipinski definition) is 2. The first-order valence-electron chi connectivity index (χ1n) is 6.68. The van der Waals surface area contributed by atoms with E-state index in [0.717, 1.165) is 0 Å². The zero-order chi connectivity index (χ0) is 17.1. The van der Waals surface area contributed by atoms with Crippen LogP contribution in [0.15, 0.2) is 45.6 Å². The number of nitrogens with zero attached hydrogens (tertiary/aromatic N) is 1. The first kappa shape index (κ1) is 15.9. The van der Waals surface area contributed by atoms with E-state index in [1.165, 1.54) is 35.6 Å². The van der Waals surface area contributed by atoms with Crippen LogP contribution in [0.25, 0.3) is 11.3 Å². The molecule has 0 aliphatic heterocycles. The van der Waals surface area contributed by atoms with E-state index >= 15 is 0 Å². The molecule has 24 heavy (non-hydrogen) atoms. The third-order valence-electron chi connectivity index (χ3n) is 3.08. The number of amides is 1. The van der Waals surface area contributed by atoms with Gasteiger partial charge in [-0.15, -0.1) is 0 Å². The third-order valence-corrected chi connectivity index (χ3v) is 3.76. The number of alkyl halides is 2. The van der Waals surface area contributed by atoms with Crippen molar-refractivity contribution in [2.24, 2.45) is 0 Å². The van der Waals surface area contributed by atoms with Gasteiger partial charge in [0.15, 0.2) is 0 Å². The van der Waals surface area contributed by atoms with Crippen molar-refractivity contribution in [3.05, 3.63) is 46.7 Å². The molecule has 0 fully saturated rings. The Hall–Kier alpha value is -2.94. The number of thiophene rings is 1. The molecule has 6 nitrogen and oxygen atoms in total. The van der Waals surface area contributed by atoms with Gasteiger partial charge < -0.3 is 20.3 Å². The Morgan fingerprint density at radius 2 is 2.04 bits per heavy atom. The van der Waals surface area contributed by atoms with Crippen LogP contribution in [0, 0.1) is 0 Å². The maximum atomic E-state index is 12.4. The highest BCUT2D eigenvalue weighted by Crippen LogP contribution is 2.29. The molecule has 0 saturated carbocycles. The van der Waals surface area contributed by atoms with Gasteiger partial charge >= 0.3 is 6.61 Å². The van der Waals surface area contributed by atoms with Crippen LogP contribution >= 0.6 is 11.3 Å². The third kappa shape index (κ3) is 3.35. The topological polar surface area (TPSA) is 90.4 Å². The quantitative estimate of drug-likeness (QED) is 0.729. The number of carbonyl (C=O) groups excluding carboxylic acids is 1. The van der Waals surface area contributed by atoms with E-state index < -0.39 is 12.5 Å². The van der Waals surface area contributed by atoms with Crippen molar-refractivity contribution >= 4 is 28.8 Å². The number of anilines is 2. The molecule has 0 radical (unpaired) electrons. The Morgan fingerprint density at radius 3 is 2.67 bits per heavy atom. The fraction of sp³-hybridized carbons (Fsp3) is 0.0667. The number of aromatic nitrogens is 1. The Balaban J connectivity index is 1.80. The minimum atomic E-state index is -2.91. The number of benzene rings is 1. The smallest absolute Gasteiger partial charge is 0.387 e. The van der Waals surface area contributed by atoms with Crippen LogP contribution < -0.4 is 15.8 Å². The van der Waals surface area contributed by atoms with E-state index in [9.17, 15) is 13.6 Å². The molecule has 3 aromatic rings. The SMILES string of the molecule is Nc1onc(-c2ccsc2)c1C(=O)Nc1ccc(OC(F)F)cc1. The van der Waals surface area contributed by atoms with Crippen molar-refractivity contribution in [2.45, 2.75) is 6.61 Å². The molecule has 0 spiro atoms. The number of nitrogens with one attached hydrogen (secondary N) is 1. The molecule has 1 aromatic carbocycles. The zero-order valence-corrected chi connectivity index (χ0v) is 12.8. The van der Waals surface area contributed by atoms with Crippen molar-refractivity contribution in [1.29, 1.82) is 0 Å². The first-order valence-corrected chi connectivity index (χ1v) is 7.63. The molecule has 0 aliphatic rings. The summed E-state index contributed by atoms with van der Waals surface area (Å²) in [6.07, 6.45) is 0. The predicted octanol–water partition coefficient (Wildman–Crippen LogP) is 3.84. The normalized spacial score (nSPS) is 10.8. The maximum absolute atomic E-state index is 12.4. The Kier molecular flexibility index (Phi) is 4.43. The van der Waals surface area contributed by atoms with Crippen LogP contribution in [-0.2, 0) is 0 Å². The lowest BCUT2D eigenvalue weighted by atomic mass is 10.1. The summed E-state index contributed by atoms with van der Waals surface area (Å²) >= 11 is 1.45. The molecule has 0 saturated heterocycles. The highest BCUT2D eigenvalue weighted by Gasteiger charge is 2.22. The second-order valence-electron chi connectivity index (χ2n) is 4.64. The van der Waals surface area contributed by atoms with E-state index in [1.54, 1.807) is 6.07 Å². The van der Waals surface area contributed by atoms with Gasteiger partial charge in [0.2, 0.25) is 5.88 Å². The predicted molar refractivity (Wildman–Crippen MR) is 85.3 cm³/mol. The van der Waals surface area contributed by atoms with Gasteiger partial charge in [-0.05, 0) is 35.7 Å². The van der Waals surface area contributed by atoms with Crippen molar-refractivity contribution in [2.75, 3.05) is 11.1 Å². The highest BCUT2D eigenvalue weighted by molar-refractivity contribution is 7.08. The standard InChI is InChI=1S/C15H11F2N3O3S/c16-15(17)22-10-3-1-9(2-4-10)19-14(21)11-12(20-23-13(11)18)8-5-6-24-7-8/h1-7,15H,18H2,(H,19,21). The summed E-state index contributed by atoms with van der Waals surface area (Å²) in [4.78, 5) is 12.4. The molecule has 2 heterocycles. The average molecular weight is 351 g/mol. The molecule has 2 aromatic heterocycles. The fourth-order valence-electron chi connectivity index (χ4n) is 2.03. The molecule has 3 N–H and O–H groups in total. The van der Waals surface area contributed by atoms with E-state index in [4.69, 9.17) is 10.3 Å². The van der Waals surface area contributed by atoms with E-state index in [-0.39, 0.29) is 17.2 Å². The molecule has 9 heteroatoms. The molecule has 124 valence electrons. The van der Waals surface area contributed by atoms with Crippen molar-refractivity contribution in [3.63, 3.8) is 0 Å². The second kappa shape index (κ2) is 6.67. The van der Waals surface area contributed by atoms with Crippen molar-refractivity contribution < 1.29 is 22.8 Å². The number of rotatable bonds is 5. The summed E-state index contributed by atoms with van der Waals surface area (Å²) < 4.78 is 33.4. The van der Waals surface area contributed by atoms with Crippen molar-refractivity contribution in [1.82, 2.24) is 5.16 Å². The number of ether oxygens (including phenoxy) is 1. The monoisotopic (exact) mass is 351 g/mol. The Labute approximate surface area is 138 Å². The van der Waals surface area contributed by atoms with Gasteiger partial charge in [-0.25, -0.2) is 0 Å². The number of carbonyl (C=O) groups is 1. The summed E-state index contributed by atoms with van der Waals surface area (Å²) in [6.45, 7) is -2.91. The maximum Gasteiger partial charge on any atom is 0.387 e. The summed E-state index contributed by atoms with van der Waals surface area (Å²) in [5.41, 5.74) is 7.24. The molecule has 0 unspecified atom stereocenters. The largest absolute Gasteiger partial charge is 0.435 e. The number of nitrogens with two attached hydrogens (primary N) is 1. The minimum absolute atomic E-state index is 0.00791. The fourth-order valence-corrected chi connectivity index (χ4v) is 2.67. The van der Waals surface area contributed by atoms with Gasteiger partial charge in [-0.3, -0.25) is 4.79 Å². The van der Waals surface area contributed by atoms with Crippen LogP contribution in [0.3, 0.4) is 0 Å². The van der Waals surface area contributed by atoms with E-state index in [0.29, 0.717) is 16.9 Å². The number of nitrogen functional groups attached to an aromatic ring is 1. The van der Waals surface area contributed by atoms with Crippen molar-refractivity contribution in [3.8, 4) is 17.0 Å². The summed E-state index contributed by atoms with van der Waals surface area (Å²) in [7, 11) is 0. The summed E-state index contributed by atoms with van der Waals surface area (Å²) in [5.74, 6) is -0.629. The average Bonchev–Trinajstić information content (AvgIpc) is 3.17. The molecule has 1 amide bonds. The second-order valence-corrected chi connectivity index (χ2v) is 5.42. The first-order chi connectivity index (χ1) is 11.5. The molecule has 0 bridgehead atoms. The number of hydrogen-bond acceptors (Lipinski definition) is 6.